The first-order valence-corrected chi connectivity index (χ1v) is 9.00. The Labute approximate surface area is 144 Å². The van der Waals surface area contributed by atoms with E-state index >= 15 is 0 Å². The molecule has 1 N–H and O–H groups in total. The summed E-state index contributed by atoms with van der Waals surface area (Å²) in [5.41, 5.74) is 0.884. The average Bonchev–Trinajstić information content (AvgIpc) is 3.04. The van der Waals surface area contributed by atoms with Crippen LogP contribution in [0.1, 0.15) is 45.4 Å². The molecular formula is C19H27N3O2. The van der Waals surface area contributed by atoms with E-state index in [4.69, 9.17) is 0 Å². The third-order valence-corrected chi connectivity index (χ3v) is 5.22. The summed E-state index contributed by atoms with van der Waals surface area (Å²) in [6.45, 7) is 3.40. The summed E-state index contributed by atoms with van der Waals surface area (Å²) in [6.07, 6.45) is 5.66. The summed E-state index contributed by atoms with van der Waals surface area (Å²) >= 11 is 0. The molecule has 2 amide bonds. The van der Waals surface area contributed by atoms with Gasteiger partial charge in [0.1, 0.15) is 5.54 Å². The van der Waals surface area contributed by atoms with Crippen molar-refractivity contribution in [2.45, 2.75) is 51.0 Å². The summed E-state index contributed by atoms with van der Waals surface area (Å²) < 4.78 is 0. The number of unbranched alkanes of at least 4 members (excludes halogenated alkanes) is 1. The maximum Gasteiger partial charge on any atom is 0.250 e. The zero-order valence-corrected chi connectivity index (χ0v) is 14.7. The predicted octanol–water partition coefficient (Wildman–Crippen LogP) is 3.02. The minimum atomic E-state index is -0.697. The molecule has 1 aliphatic carbocycles. The SMILES string of the molecule is CCCCN(C)CC(=O)N1c2ccccc2NC(=O)C12CCCC2. The van der Waals surface area contributed by atoms with Crippen LogP contribution in [0.4, 0.5) is 11.4 Å². The topological polar surface area (TPSA) is 52.7 Å². The lowest BCUT2D eigenvalue weighted by atomic mass is 9.89. The third kappa shape index (κ3) is 2.93. The fourth-order valence-electron chi connectivity index (χ4n) is 3.94. The van der Waals surface area contributed by atoms with Crippen LogP contribution >= 0.6 is 0 Å². The van der Waals surface area contributed by atoms with E-state index in [1.807, 2.05) is 31.3 Å². The lowest BCUT2D eigenvalue weighted by molar-refractivity contribution is -0.127. The van der Waals surface area contributed by atoms with Gasteiger partial charge in [-0.2, -0.15) is 0 Å². The number of para-hydroxylation sites is 2. The Balaban J connectivity index is 1.91. The van der Waals surface area contributed by atoms with Gasteiger partial charge in [-0.1, -0.05) is 38.3 Å². The maximum absolute atomic E-state index is 13.1. The van der Waals surface area contributed by atoms with Crippen molar-refractivity contribution in [2.24, 2.45) is 0 Å². The summed E-state index contributed by atoms with van der Waals surface area (Å²) in [5, 5.41) is 3.02. The molecule has 1 spiro atoms. The number of amides is 2. The smallest absolute Gasteiger partial charge is 0.250 e. The highest BCUT2D eigenvalue weighted by Gasteiger charge is 2.52. The van der Waals surface area contributed by atoms with Crippen molar-refractivity contribution in [2.75, 3.05) is 30.4 Å². The van der Waals surface area contributed by atoms with Gasteiger partial charge < -0.3 is 5.32 Å². The van der Waals surface area contributed by atoms with Gasteiger partial charge in [-0.3, -0.25) is 19.4 Å². The summed E-state index contributed by atoms with van der Waals surface area (Å²) in [4.78, 5) is 29.8. The van der Waals surface area contributed by atoms with Gasteiger partial charge in [0.25, 0.3) is 5.91 Å². The Bertz CT molecular complexity index is 623. The Hall–Kier alpha value is -1.88. The molecule has 1 fully saturated rings. The highest BCUT2D eigenvalue weighted by molar-refractivity contribution is 6.15. The molecule has 1 aliphatic heterocycles. The first-order chi connectivity index (χ1) is 11.6. The molecule has 3 rings (SSSR count). The lowest BCUT2D eigenvalue weighted by Crippen LogP contribution is -2.62. The quantitative estimate of drug-likeness (QED) is 0.903. The highest BCUT2D eigenvalue weighted by Crippen LogP contribution is 2.45. The van der Waals surface area contributed by atoms with Crippen molar-refractivity contribution in [3.05, 3.63) is 24.3 Å². The molecule has 5 nitrogen and oxygen atoms in total. The van der Waals surface area contributed by atoms with Crippen LogP contribution in [0.15, 0.2) is 24.3 Å². The Kier molecular flexibility index (Phi) is 4.90. The molecule has 0 aromatic heterocycles. The highest BCUT2D eigenvalue weighted by atomic mass is 16.2. The molecule has 1 aromatic carbocycles. The van der Waals surface area contributed by atoms with Gasteiger partial charge in [0.05, 0.1) is 17.9 Å². The van der Waals surface area contributed by atoms with Crippen molar-refractivity contribution >= 4 is 23.2 Å². The molecule has 1 saturated carbocycles. The second-order valence-corrected chi connectivity index (χ2v) is 7.03. The molecule has 0 radical (unpaired) electrons. The maximum atomic E-state index is 13.1. The van der Waals surface area contributed by atoms with Gasteiger partial charge in [-0.05, 0) is 45.0 Å². The minimum Gasteiger partial charge on any atom is -0.322 e. The van der Waals surface area contributed by atoms with E-state index in [1.54, 1.807) is 4.90 Å². The monoisotopic (exact) mass is 329 g/mol. The molecule has 2 aliphatic rings. The van der Waals surface area contributed by atoms with Crippen LogP contribution in [0, 0.1) is 0 Å². The number of hydrogen-bond acceptors (Lipinski definition) is 3. The number of benzene rings is 1. The van der Waals surface area contributed by atoms with Crippen LogP contribution in [-0.4, -0.2) is 42.4 Å². The molecule has 1 aromatic rings. The number of rotatable bonds is 5. The third-order valence-electron chi connectivity index (χ3n) is 5.22. The number of anilines is 2. The summed E-state index contributed by atoms with van der Waals surface area (Å²) in [6, 6.07) is 7.64. The van der Waals surface area contributed by atoms with Crippen molar-refractivity contribution < 1.29 is 9.59 Å². The van der Waals surface area contributed by atoms with Gasteiger partial charge in [-0.25, -0.2) is 0 Å². The van der Waals surface area contributed by atoms with Crippen molar-refractivity contribution in [1.29, 1.82) is 0 Å². The van der Waals surface area contributed by atoms with Crippen LogP contribution in [0.5, 0.6) is 0 Å². The predicted molar refractivity (Wildman–Crippen MR) is 96.2 cm³/mol. The largest absolute Gasteiger partial charge is 0.322 e. The summed E-state index contributed by atoms with van der Waals surface area (Å²) in [5.74, 6) is 0.000985. The molecule has 0 atom stereocenters. The number of nitrogens with one attached hydrogen (secondary N) is 1. The van der Waals surface area contributed by atoms with Gasteiger partial charge in [-0.15, -0.1) is 0 Å². The first-order valence-electron chi connectivity index (χ1n) is 9.00. The molecule has 5 heteroatoms. The Morgan fingerprint density at radius 1 is 1.29 bits per heavy atom. The standard InChI is InChI=1S/C19H27N3O2/c1-3-4-13-21(2)14-17(23)22-16-10-6-5-9-15(16)20-18(24)19(22)11-7-8-12-19/h5-6,9-10H,3-4,7-8,11-14H2,1-2H3,(H,20,24). The number of hydrogen-bond donors (Lipinski definition) is 1. The van der Waals surface area contributed by atoms with Gasteiger partial charge >= 0.3 is 0 Å². The molecule has 0 unspecified atom stereocenters. The van der Waals surface area contributed by atoms with Crippen LogP contribution in [0.3, 0.4) is 0 Å². The number of carbonyl (C=O) groups is 2. The van der Waals surface area contributed by atoms with Crippen LogP contribution in [-0.2, 0) is 9.59 Å². The van der Waals surface area contributed by atoms with Crippen LogP contribution < -0.4 is 10.2 Å². The molecule has 1 heterocycles. The van der Waals surface area contributed by atoms with E-state index in [2.05, 4.69) is 17.1 Å². The van der Waals surface area contributed by atoms with E-state index < -0.39 is 5.54 Å². The molecule has 130 valence electrons. The zero-order chi connectivity index (χ0) is 17.2. The van der Waals surface area contributed by atoms with Crippen LogP contribution in [0.2, 0.25) is 0 Å². The lowest BCUT2D eigenvalue weighted by Gasteiger charge is -2.44. The summed E-state index contributed by atoms with van der Waals surface area (Å²) in [7, 11) is 1.98. The average molecular weight is 329 g/mol. The second kappa shape index (κ2) is 6.93. The minimum absolute atomic E-state index is 0.0248. The van der Waals surface area contributed by atoms with Crippen molar-refractivity contribution in [3.63, 3.8) is 0 Å². The van der Waals surface area contributed by atoms with Crippen LogP contribution in [0.25, 0.3) is 0 Å². The van der Waals surface area contributed by atoms with E-state index in [-0.39, 0.29) is 11.8 Å². The Morgan fingerprint density at radius 2 is 2.00 bits per heavy atom. The van der Waals surface area contributed by atoms with Crippen molar-refractivity contribution in [1.82, 2.24) is 4.90 Å². The van der Waals surface area contributed by atoms with Gasteiger partial charge in [0.15, 0.2) is 0 Å². The normalized spacial score (nSPS) is 18.8. The molecule has 0 saturated heterocycles. The van der Waals surface area contributed by atoms with E-state index in [0.29, 0.717) is 6.54 Å². The van der Waals surface area contributed by atoms with E-state index in [0.717, 1.165) is 56.4 Å². The molecular weight excluding hydrogens is 302 g/mol. The van der Waals surface area contributed by atoms with E-state index in [1.165, 1.54) is 0 Å². The first kappa shape index (κ1) is 17.0. The number of likely N-dealkylation sites (N-methyl/N-ethyl adjacent to an activating group) is 1. The zero-order valence-electron chi connectivity index (χ0n) is 14.7. The van der Waals surface area contributed by atoms with Crippen molar-refractivity contribution in [3.8, 4) is 0 Å². The Morgan fingerprint density at radius 3 is 2.71 bits per heavy atom. The number of nitrogens with zero attached hydrogens (tertiary/aromatic N) is 2. The number of fused-ring (bicyclic) bond motifs is 1. The fraction of sp³-hybridized carbons (Fsp3) is 0.579. The second-order valence-electron chi connectivity index (χ2n) is 7.03. The van der Waals surface area contributed by atoms with E-state index in [9.17, 15) is 9.59 Å². The fourth-order valence-corrected chi connectivity index (χ4v) is 3.94. The molecule has 24 heavy (non-hydrogen) atoms. The van der Waals surface area contributed by atoms with Gasteiger partial charge in [0, 0.05) is 0 Å². The molecule has 0 bridgehead atoms. The van der Waals surface area contributed by atoms with Gasteiger partial charge in [0.2, 0.25) is 5.91 Å². The number of carbonyl (C=O) groups excluding carboxylic acids is 2.